The zero-order valence-electron chi connectivity index (χ0n) is 9.40. The molecular weight excluding hydrogens is 269 g/mol. The largest absolute Gasteiger partial charge is 0.206 e. The summed E-state index contributed by atoms with van der Waals surface area (Å²) in [6, 6.07) is 4.27. The average Bonchev–Trinajstić information content (AvgIpc) is 2.21. The van der Waals surface area contributed by atoms with Crippen molar-refractivity contribution >= 4 is 15.9 Å². The number of rotatable bonds is 1. The molecule has 0 spiro atoms. The van der Waals surface area contributed by atoms with Gasteiger partial charge in [0.05, 0.1) is 11.5 Å². The molecule has 3 heteroatoms. The Morgan fingerprint density at radius 3 is 2.44 bits per heavy atom. The van der Waals surface area contributed by atoms with Gasteiger partial charge in [0, 0.05) is 4.47 Å². The molecule has 1 aromatic rings. The lowest BCUT2D eigenvalue weighted by atomic mass is 9.64. The highest BCUT2D eigenvalue weighted by molar-refractivity contribution is 9.10. The van der Waals surface area contributed by atoms with Gasteiger partial charge in [-0.2, -0.15) is 5.26 Å². The number of benzene rings is 1. The van der Waals surface area contributed by atoms with Crippen molar-refractivity contribution in [2.75, 3.05) is 0 Å². The minimum absolute atomic E-state index is 0.189. The molecule has 1 aromatic carbocycles. The molecule has 0 atom stereocenters. The van der Waals surface area contributed by atoms with Gasteiger partial charge in [-0.05, 0) is 55.9 Å². The van der Waals surface area contributed by atoms with E-state index in [1.54, 1.807) is 13.8 Å². The topological polar surface area (TPSA) is 23.8 Å². The molecule has 16 heavy (non-hydrogen) atoms. The number of hydrogen-bond acceptors (Lipinski definition) is 1. The van der Waals surface area contributed by atoms with E-state index in [0.29, 0.717) is 11.1 Å². The SMILES string of the molecule is Cc1c(Br)cc(C2(C#N)CCC2)c(C)c1F. The summed E-state index contributed by atoms with van der Waals surface area (Å²) in [5.74, 6) is -0.189. The predicted molar refractivity (Wildman–Crippen MR) is 64.7 cm³/mol. The van der Waals surface area contributed by atoms with Crippen molar-refractivity contribution in [2.24, 2.45) is 0 Å². The second-order valence-electron chi connectivity index (χ2n) is 4.52. The van der Waals surface area contributed by atoms with Crippen LogP contribution in [0.4, 0.5) is 4.39 Å². The molecule has 0 heterocycles. The van der Waals surface area contributed by atoms with E-state index in [0.717, 1.165) is 29.3 Å². The van der Waals surface area contributed by atoms with Crippen LogP contribution in [0.3, 0.4) is 0 Å². The van der Waals surface area contributed by atoms with Gasteiger partial charge in [-0.25, -0.2) is 4.39 Å². The van der Waals surface area contributed by atoms with Crippen LogP contribution in [0.2, 0.25) is 0 Å². The van der Waals surface area contributed by atoms with Crippen LogP contribution in [0.1, 0.15) is 36.0 Å². The monoisotopic (exact) mass is 281 g/mol. The molecule has 1 nitrogen and oxygen atoms in total. The fourth-order valence-electron chi connectivity index (χ4n) is 2.32. The van der Waals surface area contributed by atoms with Gasteiger partial charge in [-0.3, -0.25) is 0 Å². The summed E-state index contributed by atoms with van der Waals surface area (Å²) in [5.41, 5.74) is 1.66. The molecule has 1 aliphatic carbocycles. The number of halogens is 2. The van der Waals surface area contributed by atoms with E-state index in [4.69, 9.17) is 0 Å². The highest BCUT2D eigenvalue weighted by Gasteiger charge is 2.40. The second kappa shape index (κ2) is 3.85. The van der Waals surface area contributed by atoms with E-state index in [1.807, 2.05) is 6.07 Å². The summed E-state index contributed by atoms with van der Waals surface area (Å²) < 4.78 is 14.7. The fourth-order valence-corrected chi connectivity index (χ4v) is 2.72. The molecule has 2 rings (SSSR count). The summed E-state index contributed by atoms with van der Waals surface area (Å²) in [5, 5.41) is 9.28. The zero-order valence-corrected chi connectivity index (χ0v) is 11.0. The normalized spacial score (nSPS) is 17.7. The molecule has 0 aromatic heterocycles. The zero-order chi connectivity index (χ0) is 11.9. The molecule has 0 N–H and O–H groups in total. The van der Waals surface area contributed by atoms with Gasteiger partial charge in [0.2, 0.25) is 0 Å². The summed E-state index contributed by atoms with van der Waals surface area (Å²) >= 11 is 3.36. The van der Waals surface area contributed by atoms with Crippen molar-refractivity contribution in [1.82, 2.24) is 0 Å². The Morgan fingerprint density at radius 2 is 2.00 bits per heavy atom. The van der Waals surface area contributed by atoms with Crippen molar-refractivity contribution in [3.05, 3.63) is 33.0 Å². The lowest BCUT2D eigenvalue weighted by Crippen LogP contribution is -2.33. The van der Waals surface area contributed by atoms with Gasteiger partial charge >= 0.3 is 0 Å². The van der Waals surface area contributed by atoms with Crippen molar-refractivity contribution in [2.45, 2.75) is 38.5 Å². The maximum atomic E-state index is 13.9. The van der Waals surface area contributed by atoms with Crippen molar-refractivity contribution in [3.8, 4) is 6.07 Å². The molecule has 1 saturated carbocycles. The fraction of sp³-hybridized carbons (Fsp3) is 0.462. The standard InChI is InChI=1S/C13H13BrFN/c1-8-10(13(7-16)4-3-5-13)6-11(14)9(2)12(8)15/h6H,3-5H2,1-2H3. The van der Waals surface area contributed by atoms with E-state index < -0.39 is 5.41 Å². The van der Waals surface area contributed by atoms with Crippen LogP contribution in [0.25, 0.3) is 0 Å². The minimum Gasteiger partial charge on any atom is -0.206 e. The quantitative estimate of drug-likeness (QED) is 0.759. The number of hydrogen-bond donors (Lipinski definition) is 0. The summed E-state index contributed by atoms with van der Waals surface area (Å²) in [6.07, 6.45) is 2.75. The van der Waals surface area contributed by atoms with Gasteiger partial charge in [0.15, 0.2) is 0 Å². The third-order valence-corrected chi connectivity index (χ3v) is 4.45. The molecule has 0 saturated heterocycles. The summed E-state index contributed by atoms with van der Waals surface area (Å²) in [6.45, 7) is 3.51. The molecule has 1 fully saturated rings. The van der Waals surface area contributed by atoms with Crippen LogP contribution in [0, 0.1) is 31.0 Å². The maximum absolute atomic E-state index is 13.9. The molecule has 0 radical (unpaired) electrons. The van der Waals surface area contributed by atoms with Gasteiger partial charge in [-0.1, -0.05) is 15.9 Å². The first-order valence-electron chi connectivity index (χ1n) is 5.39. The molecule has 0 bridgehead atoms. The molecular formula is C13H13BrFN. The first kappa shape index (κ1) is 11.6. The Hall–Kier alpha value is -0.880. The third-order valence-electron chi connectivity index (χ3n) is 3.63. The van der Waals surface area contributed by atoms with E-state index in [1.165, 1.54) is 0 Å². The van der Waals surface area contributed by atoms with Crippen molar-refractivity contribution < 1.29 is 4.39 Å². The van der Waals surface area contributed by atoms with Crippen molar-refractivity contribution in [1.29, 1.82) is 5.26 Å². The van der Waals surface area contributed by atoms with Crippen LogP contribution in [-0.2, 0) is 5.41 Å². The first-order valence-corrected chi connectivity index (χ1v) is 6.18. The van der Waals surface area contributed by atoms with Gasteiger partial charge in [-0.15, -0.1) is 0 Å². The minimum atomic E-state index is -0.443. The van der Waals surface area contributed by atoms with Gasteiger partial charge in [0.1, 0.15) is 5.82 Å². The molecule has 0 aliphatic heterocycles. The lowest BCUT2D eigenvalue weighted by molar-refractivity contribution is 0.321. The van der Waals surface area contributed by atoms with Crippen LogP contribution in [0.15, 0.2) is 10.5 Å². The highest BCUT2D eigenvalue weighted by Crippen LogP contribution is 2.46. The Morgan fingerprint density at radius 1 is 1.38 bits per heavy atom. The summed E-state index contributed by atoms with van der Waals surface area (Å²) in [4.78, 5) is 0. The third kappa shape index (κ3) is 1.48. The number of nitrogens with zero attached hydrogens (tertiary/aromatic N) is 1. The number of nitriles is 1. The van der Waals surface area contributed by atoms with E-state index in [9.17, 15) is 9.65 Å². The van der Waals surface area contributed by atoms with E-state index >= 15 is 0 Å². The molecule has 0 unspecified atom stereocenters. The highest BCUT2D eigenvalue weighted by atomic mass is 79.9. The maximum Gasteiger partial charge on any atom is 0.130 e. The Bertz CT molecular complexity index is 484. The Labute approximate surface area is 103 Å². The van der Waals surface area contributed by atoms with Crippen LogP contribution in [0.5, 0.6) is 0 Å². The Kier molecular flexibility index (Phi) is 2.79. The molecule has 1 aliphatic rings. The first-order chi connectivity index (χ1) is 7.52. The predicted octanol–water partition coefficient (Wildman–Crippen LogP) is 4.15. The lowest BCUT2D eigenvalue weighted by Gasteiger charge is -2.37. The average molecular weight is 282 g/mol. The van der Waals surface area contributed by atoms with Gasteiger partial charge < -0.3 is 0 Å². The Balaban J connectivity index is 2.63. The van der Waals surface area contributed by atoms with E-state index in [-0.39, 0.29) is 5.82 Å². The smallest absolute Gasteiger partial charge is 0.130 e. The van der Waals surface area contributed by atoms with E-state index in [2.05, 4.69) is 22.0 Å². The molecule has 84 valence electrons. The van der Waals surface area contributed by atoms with Crippen LogP contribution < -0.4 is 0 Å². The summed E-state index contributed by atoms with van der Waals surface area (Å²) in [7, 11) is 0. The van der Waals surface area contributed by atoms with Crippen molar-refractivity contribution in [3.63, 3.8) is 0 Å². The van der Waals surface area contributed by atoms with Crippen LogP contribution in [-0.4, -0.2) is 0 Å². The van der Waals surface area contributed by atoms with Gasteiger partial charge in [0.25, 0.3) is 0 Å². The molecule has 0 amide bonds. The second-order valence-corrected chi connectivity index (χ2v) is 5.37. The van der Waals surface area contributed by atoms with Crippen LogP contribution >= 0.6 is 15.9 Å².